The molecule has 74 valence electrons. The van der Waals surface area contributed by atoms with E-state index in [1.165, 1.54) is 17.8 Å². The zero-order valence-corrected chi connectivity index (χ0v) is 9.39. The van der Waals surface area contributed by atoms with Crippen molar-refractivity contribution in [3.05, 3.63) is 17.7 Å². The maximum atomic E-state index is 4.36. The third kappa shape index (κ3) is 2.11. The van der Waals surface area contributed by atoms with E-state index < -0.39 is 0 Å². The normalized spacial score (nSPS) is 12.1. The second kappa shape index (κ2) is 3.52. The molecule has 2 heteroatoms. The van der Waals surface area contributed by atoms with E-state index in [1.807, 2.05) is 6.33 Å². The Morgan fingerprint density at radius 3 is 2.46 bits per heavy atom. The van der Waals surface area contributed by atoms with Gasteiger partial charge in [-0.2, -0.15) is 0 Å². The Kier molecular flexibility index (Phi) is 2.79. The van der Waals surface area contributed by atoms with E-state index in [0.29, 0.717) is 0 Å². The first-order valence-electron chi connectivity index (χ1n) is 4.99. The highest BCUT2D eigenvalue weighted by molar-refractivity contribution is 5.20. The van der Waals surface area contributed by atoms with Crippen LogP contribution in [-0.2, 0) is 12.0 Å². The first-order valence-corrected chi connectivity index (χ1v) is 4.99. The smallest absolute Gasteiger partial charge is 0.0951 e. The Morgan fingerprint density at radius 1 is 1.38 bits per heavy atom. The van der Waals surface area contributed by atoms with Crippen LogP contribution in [0, 0.1) is 6.92 Å². The van der Waals surface area contributed by atoms with Crippen molar-refractivity contribution in [2.75, 3.05) is 0 Å². The number of aryl methyl sites for hydroxylation is 2. The van der Waals surface area contributed by atoms with Crippen LogP contribution in [0.3, 0.4) is 0 Å². The van der Waals surface area contributed by atoms with E-state index in [-0.39, 0.29) is 5.41 Å². The molecule has 13 heavy (non-hydrogen) atoms. The Hall–Kier alpha value is -0.790. The van der Waals surface area contributed by atoms with E-state index in [0.717, 1.165) is 6.54 Å². The van der Waals surface area contributed by atoms with Crippen molar-refractivity contribution in [1.29, 1.82) is 0 Å². The SMILES string of the molecule is CCCn1cnc(C)c1C(C)(C)C. The molecule has 0 radical (unpaired) electrons. The molecule has 1 aromatic heterocycles. The largest absolute Gasteiger partial charge is 0.334 e. The summed E-state index contributed by atoms with van der Waals surface area (Å²) in [6, 6.07) is 0. The van der Waals surface area contributed by atoms with Gasteiger partial charge in [0.1, 0.15) is 0 Å². The van der Waals surface area contributed by atoms with Crippen LogP contribution >= 0.6 is 0 Å². The van der Waals surface area contributed by atoms with E-state index in [1.54, 1.807) is 0 Å². The lowest BCUT2D eigenvalue weighted by molar-refractivity contribution is 0.510. The van der Waals surface area contributed by atoms with Crippen LogP contribution in [0.4, 0.5) is 0 Å². The van der Waals surface area contributed by atoms with Crippen molar-refractivity contribution in [3.8, 4) is 0 Å². The summed E-state index contributed by atoms with van der Waals surface area (Å²) in [5.41, 5.74) is 2.74. The molecule has 0 N–H and O–H groups in total. The molecule has 0 saturated heterocycles. The summed E-state index contributed by atoms with van der Waals surface area (Å²) < 4.78 is 2.27. The predicted octanol–water partition coefficient (Wildman–Crippen LogP) is 2.90. The highest BCUT2D eigenvalue weighted by Gasteiger charge is 2.21. The Balaban J connectivity index is 3.09. The van der Waals surface area contributed by atoms with Gasteiger partial charge in [0, 0.05) is 17.7 Å². The van der Waals surface area contributed by atoms with Crippen molar-refractivity contribution in [1.82, 2.24) is 9.55 Å². The molecule has 2 nitrogen and oxygen atoms in total. The van der Waals surface area contributed by atoms with Gasteiger partial charge in [-0.05, 0) is 13.3 Å². The molecule has 0 saturated carbocycles. The highest BCUT2D eigenvalue weighted by atomic mass is 15.1. The summed E-state index contributed by atoms with van der Waals surface area (Å²) >= 11 is 0. The molecule has 0 aromatic carbocycles. The summed E-state index contributed by atoms with van der Waals surface area (Å²) in [5, 5.41) is 0. The standard InChI is InChI=1S/C11H20N2/c1-6-7-13-8-12-9(2)10(13)11(3,4)5/h8H,6-7H2,1-5H3. The third-order valence-electron chi connectivity index (χ3n) is 2.20. The summed E-state index contributed by atoms with van der Waals surface area (Å²) in [6.45, 7) is 12.1. The van der Waals surface area contributed by atoms with Crippen molar-refractivity contribution < 1.29 is 0 Å². The lowest BCUT2D eigenvalue weighted by Crippen LogP contribution is -2.18. The summed E-state index contributed by atoms with van der Waals surface area (Å²) in [7, 11) is 0. The fourth-order valence-corrected chi connectivity index (χ4v) is 1.87. The lowest BCUT2D eigenvalue weighted by Gasteiger charge is -2.21. The molecule has 0 atom stereocenters. The number of hydrogen-bond donors (Lipinski definition) is 0. The van der Waals surface area contributed by atoms with Gasteiger partial charge in [-0.15, -0.1) is 0 Å². The van der Waals surface area contributed by atoms with Gasteiger partial charge in [0.25, 0.3) is 0 Å². The van der Waals surface area contributed by atoms with E-state index in [4.69, 9.17) is 0 Å². The van der Waals surface area contributed by atoms with Gasteiger partial charge < -0.3 is 4.57 Å². The number of hydrogen-bond acceptors (Lipinski definition) is 1. The Labute approximate surface area is 81.0 Å². The maximum Gasteiger partial charge on any atom is 0.0951 e. The molecule has 0 bridgehead atoms. The number of aromatic nitrogens is 2. The minimum absolute atomic E-state index is 0.204. The summed E-state index contributed by atoms with van der Waals surface area (Å²) in [5.74, 6) is 0. The lowest BCUT2D eigenvalue weighted by atomic mass is 9.90. The second-order valence-corrected chi connectivity index (χ2v) is 4.62. The second-order valence-electron chi connectivity index (χ2n) is 4.62. The minimum Gasteiger partial charge on any atom is -0.334 e. The molecular weight excluding hydrogens is 160 g/mol. The van der Waals surface area contributed by atoms with Gasteiger partial charge in [0.15, 0.2) is 0 Å². The first-order chi connectivity index (χ1) is 5.96. The molecule has 1 heterocycles. The average Bonchev–Trinajstić information content (AvgIpc) is 2.31. The van der Waals surface area contributed by atoms with Crippen molar-refractivity contribution in [3.63, 3.8) is 0 Å². The monoisotopic (exact) mass is 180 g/mol. The van der Waals surface area contributed by atoms with E-state index in [9.17, 15) is 0 Å². The molecule has 0 aliphatic carbocycles. The molecule has 0 amide bonds. The van der Waals surface area contributed by atoms with Crippen molar-refractivity contribution in [2.45, 2.75) is 53.0 Å². The van der Waals surface area contributed by atoms with Gasteiger partial charge in [0.2, 0.25) is 0 Å². The quantitative estimate of drug-likeness (QED) is 0.684. The van der Waals surface area contributed by atoms with Crippen LogP contribution in [-0.4, -0.2) is 9.55 Å². The average molecular weight is 180 g/mol. The van der Waals surface area contributed by atoms with Gasteiger partial charge in [-0.3, -0.25) is 0 Å². The summed E-state index contributed by atoms with van der Waals surface area (Å²) in [4.78, 5) is 4.36. The highest BCUT2D eigenvalue weighted by Crippen LogP contribution is 2.24. The van der Waals surface area contributed by atoms with Gasteiger partial charge in [0.05, 0.1) is 12.0 Å². The predicted molar refractivity (Wildman–Crippen MR) is 56.0 cm³/mol. The molecule has 0 fully saturated rings. The van der Waals surface area contributed by atoms with Crippen molar-refractivity contribution >= 4 is 0 Å². The number of rotatable bonds is 2. The van der Waals surface area contributed by atoms with Gasteiger partial charge in [-0.25, -0.2) is 4.98 Å². The fraction of sp³-hybridized carbons (Fsp3) is 0.727. The van der Waals surface area contributed by atoms with Gasteiger partial charge in [-0.1, -0.05) is 27.7 Å². The van der Waals surface area contributed by atoms with Crippen LogP contribution in [0.2, 0.25) is 0 Å². The van der Waals surface area contributed by atoms with Crippen molar-refractivity contribution in [2.24, 2.45) is 0 Å². The third-order valence-corrected chi connectivity index (χ3v) is 2.20. The van der Waals surface area contributed by atoms with Crippen LogP contribution in [0.5, 0.6) is 0 Å². The molecule has 0 aliphatic rings. The van der Waals surface area contributed by atoms with Gasteiger partial charge >= 0.3 is 0 Å². The molecule has 1 rings (SSSR count). The first kappa shape index (κ1) is 10.3. The summed E-state index contributed by atoms with van der Waals surface area (Å²) in [6.07, 6.45) is 3.12. The zero-order chi connectivity index (χ0) is 10.1. The fourth-order valence-electron chi connectivity index (χ4n) is 1.87. The topological polar surface area (TPSA) is 17.8 Å². The number of nitrogens with zero attached hydrogens (tertiary/aromatic N) is 2. The zero-order valence-electron chi connectivity index (χ0n) is 9.39. The van der Waals surface area contributed by atoms with Crippen LogP contribution < -0.4 is 0 Å². The molecule has 0 aliphatic heterocycles. The van der Waals surface area contributed by atoms with E-state index in [2.05, 4.69) is 44.2 Å². The van der Waals surface area contributed by atoms with Crippen LogP contribution in [0.25, 0.3) is 0 Å². The van der Waals surface area contributed by atoms with E-state index >= 15 is 0 Å². The molecule has 0 spiro atoms. The molecule has 0 unspecified atom stereocenters. The minimum atomic E-state index is 0.204. The Bertz CT molecular complexity index is 279. The molecule has 1 aromatic rings. The van der Waals surface area contributed by atoms with Crippen LogP contribution in [0.1, 0.15) is 45.5 Å². The maximum absolute atomic E-state index is 4.36. The number of imidazole rings is 1. The Morgan fingerprint density at radius 2 is 2.00 bits per heavy atom. The van der Waals surface area contributed by atoms with Crippen LogP contribution in [0.15, 0.2) is 6.33 Å². The molecular formula is C11H20N2.